The Morgan fingerprint density at radius 1 is 1.47 bits per heavy atom. The predicted octanol–water partition coefficient (Wildman–Crippen LogP) is 2.62. The molecule has 5 heteroatoms. The molecular weight excluding hydrogens is 215 g/mol. The molecule has 0 bridgehead atoms. The van der Waals surface area contributed by atoms with E-state index in [1.165, 1.54) is 0 Å². The fraction of sp³-hybridized carbons (Fsp3) is 0.700. The Hall–Kier alpha value is -0.730. The molecule has 0 amide bonds. The summed E-state index contributed by atoms with van der Waals surface area (Å²) < 4.78 is 19.9. The van der Waals surface area contributed by atoms with E-state index in [1.807, 2.05) is 13.8 Å². The van der Waals surface area contributed by atoms with Gasteiger partial charge in [0.1, 0.15) is 12.2 Å². The third-order valence-electron chi connectivity index (χ3n) is 1.80. The van der Waals surface area contributed by atoms with Crippen molar-refractivity contribution in [1.29, 1.82) is 0 Å². The lowest BCUT2D eigenvalue weighted by molar-refractivity contribution is -0.152. The molecule has 0 aromatic heterocycles. The van der Waals surface area contributed by atoms with E-state index >= 15 is 0 Å². The van der Waals surface area contributed by atoms with Crippen molar-refractivity contribution in [3.8, 4) is 0 Å². The predicted molar refractivity (Wildman–Crippen MR) is 59.2 cm³/mol. The molecule has 0 N–H and O–H groups in total. The van der Waals surface area contributed by atoms with Crippen molar-refractivity contribution in [2.75, 3.05) is 6.61 Å². The Kier molecular flexibility index (Phi) is 6.37. The van der Waals surface area contributed by atoms with Crippen LogP contribution in [0.2, 0.25) is 0 Å². The van der Waals surface area contributed by atoms with Crippen molar-refractivity contribution in [1.82, 2.24) is 0 Å². The summed E-state index contributed by atoms with van der Waals surface area (Å²) in [6, 6.07) is 0. The monoisotopic (exact) mass is 233 g/mol. The Labute approximate surface area is 91.9 Å². The smallest absolute Gasteiger partial charge is 0.456 e. The number of carbonyl (C=O) groups excluding carboxylic acids is 1. The van der Waals surface area contributed by atoms with Crippen LogP contribution in [0.25, 0.3) is 0 Å². The van der Waals surface area contributed by atoms with Crippen LogP contribution in [0, 0.1) is 0 Å². The second kappa shape index (κ2) is 6.70. The van der Waals surface area contributed by atoms with Gasteiger partial charge in [-0.05, 0) is 38.2 Å². The molecule has 86 valence electrons. The molecule has 0 aliphatic rings. The molecule has 0 aliphatic carbocycles. The minimum absolute atomic E-state index is 0.383. The summed E-state index contributed by atoms with van der Waals surface area (Å²) in [5.74, 6) is -0.383. The third kappa shape index (κ3) is 7.23. The molecule has 0 aliphatic heterocycles. The summed E-state index contributed by atoms with van der Waals surface area (Å²) in [5.41, 5.74) is -0.147. The van der Waals surface area contributed by atoms with Crippen molar-refractivity contribution >= 4 is 14.7 Å². The highest BCUT2D eigenvalue weighted by Crippen LogP contribution is 2.18. The maximum absolute atomic E-state index is 11.2. The van der Waals surface area contributed by atoms with E-state index in [9.17, 15) is 9.36 Å². The zero-order valence-electron chi connectivity index (χ0n) is 9.46. The van der Waals surface area contributed by atoms with Crippen molar-refractivity contribution in [2.45, 2.75) is 39.2 Å². The number of rotatable bonds is 7. The third-order valence-corrected chi connectivity index (χ3v) is 2.12. The summed E-state index contributed by atoms with van der Waals surface area (Å²) in [6.07, 6.45) is 1.36. The van der Waals surface area contributed by atoms with E-state index in [1.54, 1.807) is 6.92 Å². The van der Waals surface area contributed by atoms with Gasteiger partial charge in [0.15, 0.2) is 0 Å². The minimum Gasteiger partial charge on any atom is -0.456 e. The molecule has 1 atom stereocenters. The quantitative estimate of drug-likeness (QED) is 0.293. The number of hydrogen-bond acceptors (Lipinski definition) is 4. The van der Waals surface area contributed by atoms with Crippen LogP contribution in [0.4, 0.5) is 0 Å². The van der Waals surface area contributed by atoms with Crippen LogP contribution in [-0.2, 0) is 18.6 Å². The molecule has 0 saturated heterocycles. The number of carbonyl (C=O) groups is 1. The van der Waals surface area contributed by atoms with Gasteiger partial charge in [0.05, 0.1) is 0 Å². The Morgan fingerprint density at radius 2 is 2.07 bits per heavy atom. The van der Waals surface area contributed by atoms with Crippen LogP contribution in [0.5, 0.6) is 0 Å². The summed E-state index contributed by atoms with van der Waals surface area (Å²) in [5, 5.41) is 0. The van der Waals surface area contributed by atoms with Gasteiger partial charge >= 0.3 is 14.7 Å². The normalized spacial score (nSPS) is 11.4. The standard InChI is InChI=1S/C10H18O4P/c1-8(2)9(11)14-10(3,4)6-5-7-13-15-12/h15H,1,5-7H2,2-4H3/q+1. The fourth-order valence-corrected chi connectivity index (χ4v) is 1.23. The second-order valence-electron chi connectivity index (χ2n) is 3.96. The zero-order valence-corrected chi connectivity index (χ0v) is 10.5. The van der Waals surface area contributed by atoms with E-state index in [0.29, 0.717) is 25.0 Å². The molecule has 0 rings (SSSR count). The van der Waals surface area contributed by atoms with Crippen molar-refractivity contribution in [2.24, 2.45) is 0 Å². The highest BCUT2D eigenvalue weighted by molar-refractivity contribution is 7.17. The van der Waals surface area contributed by atoms with Gasteiger partial charge in [0, 0.05) is 5.57 Å². The summed E-state index contributed by atoms with van der Waals surface area (Å²) in [4.78, 5) is 11.2. The Bertz CT molecular complexity index is 248. The van der Waals surface area contributed by atoms with E-state index < -0.39 is 14.3 Å². The van der Waals surface area contributed by atoms with Crippen LogP contribution in [-0.4, -0.2) is 18.2 Å². The summed E-state index contributed by atoms with van der Waals surface area (Å²) >= 11 is 0. The van der Waals surface area contributed by atoms with Gasteiger partial charge < -0.3 is 4.74 Å². The minimum atomic E-state index is -0.729. The van der Waals surface area contributed by atoms with Gasteiger partial charge in [-0.2, -0.15) is 0 Å². The molecule has 0 heterocycles. The van der Waals surface area contributed by atoms with Crippen molar-refractivity contribution in [3.05, 3.63) is 12.2 Å². The van der Waals surface area contributed by atoms with Crippen molar-refractivity contribution in [3.63, 3.8) is 0 Å². The number of hydrogen-bond donors (Lipinski definition) is 0. The average molecular weight is 233 g/mol. The first-order valence-corrected chi connectivity index (χ1v) is 5.58. The molecule has 0 aromatic rings. The van der Waals surface area contributed by atoms with Gasteiger partial charge in [-0.1, -0.05) is 6.58 Å². The van der Waals surface area contributed by atoms with Gasteiger partial charge in [0.25, 0.3) is 0 Å². The topological polar surface area (TPSA) is 52.6 Å². The van der Waals surface area contributed by atoms with Crippen LogP contribution in [0.15, 0.2) is 12.2 Å². The van der Waals surface area contributed by atoms with Gasteiger partial charge in [-0.3, -0.25) is 0 Å². The lowest BCUT2D eigenvalue weighted by atomic mass is 10.0. The molecule has 1 unspecified atom stereocenters. The van der Waals surface area contributed by atoms with Gasteiger partial charge in [0.2, 0.25) is 0 Å². The Morgan fingerprint density at radius 3 is 2.53 bits per heavy atom. The van der Waals surface area contributed by atoms with Crippen LogP contribution in [0.3, 0.4) is 0 Å². The number of ether oxygens (including phenoxy) is 1. The largest absolute Gasteiger partial charge is 0.494 e. The summed E-state index contributed by atoms with van der Waals surface area (Å²) in [7, 11) is -0.729. The van der Waals surface area contributed by atoms with E-state index in [0.717, 1.165) is 0 Å². The SMILES string of the molecule is C=C(C)C(=O)OC(C)(C)CCCO[PH+]=O. The molecule has 0 aromatic carbocycles. The first-order chi connectivity index (χ1) is 6.89. The fourth-order valence-electron chi connectivity index (χ4n) is 1.00. The highest BCUT2D eigenvalue weighted by atomic mass is 31.1. The first kappa shape index (κ1) is 14.3. The highest BCUT2D eigenvalue weighted by Gasteiger charge is 2.22. The maximum atomic E-state index is 11.2. The molecular formula is C10H18O4P+. The van der Waals surface area contributed by atoms with Gasteiger partial charge in [-0.15, -0.1) is 4.52 Å². The number of esters is 1. The summed E-state index contributed by atoms with van der Waals surface area (Å²) in [6.45, 7) is 9.19. The lowest BCUT2D eigenvalue weighted by Crippen LogP contribution is -2.28. The molecule has 15 heavy (non-hydrogen) atoms. The molecule has 0 spiro atoms. The van der Waals surface area contributed by atoms with E-state index in [-0.39, 0.29) is 5.97 Å². The molecule has 0 fully saturated rings. The van der Waals surface area contributed by atoms with Crippen molar-refractivity contribution < 1.29 is 18.6 Å². The lowest BCUT2D eigenvalue weighted by Gasteiger charge is -2.24. The van der Waals surface area contributed by atoms with Crippen LogP contribution < -0.4 is 0 Å². The molecule has 0 radical (unpaired) electrons. The van der Waals surface area contributed by atoms with Gasteiger partial charge in [-0.25, -0.2) is 4.79 Å². The van der Waals surface area contributed by atoms with E-state index in [4.69, 9.17) is 9.26 Å². The zero-order chi connectivity index (χ0) is 11.9. The average Bonchev–Trinajstić information content (AvgIpc) is 2.11. The Balaban J connectivity index is 3.90. The maximum Gasteiger partial charge on any atom is 0.494 e. The molecule has 0 saturated carbocycles. The van der Waals surface area contributed by atoms with Crippen LogP contribution >= 0.6 is 8.69 Å². The van der Waals surface area contributed by atoms with Crippen LogP contribution in [0.1, 0.15) is 33.6 Å². The first-order valence-electron chi connectivity index (χ1n) is 4.77. The van der Waals surface area contributed by atoms with E-state index in [2.05, 4.69) is 6.58 Å². The second-order valence-corrected chi connectivity index (χ2v) is 4.42. The molecule has 4 nitrogen and oxygen atoms in total.